The van der Waals surface area contributed by atoms with Crippen molar-refractivity contribution in [3.63, 3.8) is 0 Å². The van der Waals surface area contributed by atoms with Crippen molar-refractivity contribution in [1.82, 2.24) is 5.43 Å². The minimum absolute atomic E-state index is 0.0740. The van der Waals surface area contributed by atoms with E-state index in [-0.39, 0.29) is 6.04 Å². The van der Waals surface area contributed by atoms with Gasteiger partial charge >= 0.3 is 0 Å². The predicted molar refractivity (Wildman–Crippen MR) is 47.0 cm³/mol. The van der Waals surface area contributed by atoms with Crippen molar-refractivity contribution < 1.29 is 4.42 Å². The normalized spacial score (nSPS) is 12.3. The molecule has 0 aliphatic heterocycles. The van der Waals surface area contributed by atoms with E-state index >= 15 is 0 Å². The van der Waals surface area contributed by atoms with E-state index in [0.717, 1.165) is 18.6 Å². The highest BCUT2D eigenvalue weighted by molar-refractivity contribution is 5.03. The van der Waals surface area contributed by atoms with Gasteiger partial charge in [0.1, 0.15) is 5.76 Å². The Morgan fingerprint density at radius 1 is 1.75 bits per heavy atom. The van der Waals surface area contributed by atoms with E-state index in [2.05, 4.69) is 11.3 Å². The Balaban J connectivity index is 2.31. The maximum Gasteiger partial charge on any atom is 0.103 e. The van der Waals surface area contributed by atoms with E-state index in [4.69, 9.17) is 16.7 Å². The number of hydrogen-bond acceptors (Lipinski definition) is 3. The quantitative estimate of drug-likeness (QED) is 0.391. The van der Waals surface area contributed by atoms with Gasteiger partial charge in [-0.25, -0.2) is 5.43 Å². The van der Waals surface area contributed by atoms with Crippen LogP contribution >= 0.6 is 0 Å². The summed E-state index contributed by atoms with van der Waals surface area (Å²) in [4.78, 5) is 0. The zero-order valence-electron chi connectivity index (χ0n) is 6.79. The number of terminal acetylenes is 1. The average Bonchev–Trinajstić information content (AvgIpc) is 2.59. The number of nitrogens with two attached hydrogens (primary N) is 1. The van der Waals surface area contributed by atoms with Gasteiger partial charge in [0.15, 0.2) is 0 Å². The number of nitrogens with one attached hydrogen (secondary N) is 1. The van der Waals surface area contributed by atoms with Crippen LogP contribution in [-0.4, -0.2) is 6.04 Å². The van der Waals surface area contributed by atoms with Gasteiger partial charge in [-0.1, -0.05) is 5.92 Å². The Morgan fingerprint density at radius 2 is 2.58 bits per heavy atom. The van der Waals surface area contributed by atoms with E-state index in [1.54, 1.807) is 6.26 Å². The molecule has 0 aromatic carbocycles. The molecule has 1 aromatic rings. The average molecular weight is 164 g/mol. The van der Waals surface area contributed by atoms with Gasteiger partial charge in [-0.05, 0) is 18.6 Å². The molecule has 12 heavy (non-hydrogen) atoms. The molecule has 3 N–H and O–H groups in total. The summed E-state index contributed by atoms with van der Waals surface area (Å²) in [6.45, 7) is 0. The maximum absolute atomic E-state index is 5.20. The van der Waals surface area contributed by atoms with Crippen LogP contribution in [0.25, 0.3) is 0 Å². The molecular formula is C9H12N2O. The molecule has 3 heteroatoms. The van der Waals surface area contributed by atoms with E-state index in [1.165, 1.54) is 0 Å². The largest absolute Gasteiger partial charge is 0.469 e. The third kappa shape index (κ3) is 2.42. The van der Waals surface area contributed by atoms with E-state index in [1.807, 2.05) is 12.1 Å². The Bertz CT molecular complexity index is 248. The molecular weight excluding hydrogens is 152 g/mol. The van der Waals surface area contributed by atoms with E-state index < -0.39 is 0 Å². The third-order valence-electron chi connectivity index (χ3n) is 1.66. The molecule has 0 aliphatic rings. The number of furan rings is 1. The molecule has 0 spiro atoms. The highest BCUT2D eigenvalue weighted by Crippen LogP contribution is 2.04. The first kappa shape index (κ1) is 8.85. The minimum atomic E-state index is -0.0740. The standard InChI is InChI=1S/C9H12N2O/c1-2-8(11-10)5-6-9-4-3-7-12-9/h1,3-4,7-8,11H,5-6,10H2. The number of aryl methyl sites for hydroxylation is 1. The monoisotopic (exact) mass is 164 g/mol. The lowest BCUT2D eigenvalue weighted by molar-refractivity contribution is 0.483. The van der Waals surface area contributed by atoms with Crippen LogP contribution in [-0.2, 0) is 6.42 Å². The summed E-state index contributed by atoms with van der Waals surface area (Å²) in [5, 5.41) is 0. The first-order valence-electron chi connectivity index (χ1n) is 3.81. The van der Waals surface area contributed by atoms with Crippen LogP contribution < -0.4 is 11.3 Å². The van der Waals surface area contributed by atoms with Gasteiger partial charge in [0.25, 0.3) is 0 Å². The summed E-state index contributed by atoms with van der Waals surface area (Å²) >= 11 is 0. The second-order valence-corrected chi connectivity index (χ2v) is 2.50. The lowest BCUT2D eigenvalue weighted by atomic mass is 10.1. The molecule has 0 aliphatic carbocycles. The molecule has 1 heterocycles. The van der Waals surface area contributed by atoms with Gasteiger partial charge in [0.05, 0.1) is 12.3 Å². The maximum atomic E-state index is 5.20. The topological polar surface area (TPSA) is 51.2 Å². The summed E-state index contributed by atoms with van der Waals surface area (Å²) in [6, 6.07) is 3.70. The fourth-order valence-corrected chi connectivity index (χ4v) is 0.956. The smallest absolute Gasteiger partial charge is 0.103 e. The summed E-state index contributed by atoms with van der Waals surface area (Å²) in [5.74, 6) is 8.67. The Morgan fingerprint density at radius 3 is 3.08 bits per heavy atom. The molecule has 0 bridgehead atoms. The predicted octanol–water partition coefficient (Wildman–Crippen LogP) is 0.677. The summed E-state index contributed by atoms with van der Waals surface area (Å²) in [7, 11) is 0. The first-order valence-corrected chi connectivity index (χ1v) is 3.81. The third-order valence-corrected chi connectivity index (χ3v) is 1.66. The molecule has 0 saturated carbocycles. The summed E-state index contributed by atoms with van der Waals surface area (Å²) in [5.41, 5.74) is 2.54. The van der Waals surface area contributed by atoms with Gasteiger partial charge in [0, 0.05) is 6.42 Å². The van der Waals surface area contributed by atoms with Crippen LogP contribution in [0.2, 0.25) is 0 Å². The second-order valence-electron chi connectivity index (χ2n) is 2.50. The zero-order chi connectivity index (χ0) is 8.81. The van der Waals surface area contributed by atoms with Gasteiger partial charge < -0.3 is 4.42 Å². The molecule has 64 valence electrons. The van der Waals surface area contributed by atoms with Crippen molar-refractivity contribution in [2.24, 2.45) is 5.84 Å². The van der Waals surface area contributed by atoms with Gasteiger partial charge in [-0.3, -0.25) is 5.84 Å². The van der Waals surface area contributed by atoms with Gasteiger partial charge in [-0.2, -0.15) is 0 Å². The van der Waals surface area contributed by atoms with Crippen molar-refractivity contribution >= 4 is 0 Å². The van der Waals surface area contributed by atoms with Crippen LogP contribution in [0, 0.1) is 12.3 Å². The highest BCUT2D eigenvalue weighted by atomic mass is 16.3. The Hall–Kier alpha value is -1.24. The molecule has 3 nitrogen and oxygen atoms in total. The number of hydrogen-bond donors (Lipinski definition) is 2. The van der Waals surface area contributed by atoms with Crippen molar-refractivity contribution in [3.8, 4) is 12.3 Å². The zero-order valence-corrected chi connectivity index (χ0v) is 6.79. The molecule has 1 unspecified atom stereocenters. The second kappa shape index (κ2) is 4.60. The Kier molecular flexibility index (Phi) is 3.39. The van der Waals surface area contributed by atoms with Crippen LogP contribution in [0.5, 0.6) is 0 Å². The molecule has 1 atom stereocenters. The first-order chi connectivity index (χ1) is 5.86. The van der Waals surface area contributed by atoms with Crippen LogP contribution in [0.15, 0.2) is 22.8 Å². The minimum Gasteiger partial charge on any atom is -0.469 e. The lowest BCUT2D eigenvalue weighted by Crippen LogP contribution is -2.34. The number of rotatable bonds is 4. The summed E-state index contributed by atoms with van der Waals surface area (Å²) in [6.07, 6.45) is 8.45. The molecule has 1 rings (SSSR count). The van der Waals surface area contributed by atoms with Crippen molar-refractivity contribution in [2.45, 2.75) is 18.9 Å². The summed E-state index contributed by atoms with van der Waals surface area (Å²) < 4.78 is 5.14. The lowest BCUT2D eigenvalue weighted by Gasteiger charge is -2.06. The van der Waals surface area contributed by atoms with Crippen LogP contribution in [0.1, 0.15) is 12.2 Å². The van der Waals surface area contributed by atoms with Gasteiger partial charge in [-0.15, -0.1) is 6.42 Å². The SMILES string of the molecule is C#CC(CCc1ccco1)NN. The molecule has 1 aromatic heterocycles. The van der Waals surface area contributed by atoms with E-state index in [0.29, 0.717) is 0 Å². The highest BCUT2D eigenvalue weighted by Gasteiger charge is 2.02. The van der Waals surface area contributed by atoms with Crippen molar-refractivity contribution in [3.05, 3.63) is 24.2 Å². The van der Waals surface area contributed by atoms with Crippen LogP contribution in [0.4, 0.5) is 0 Å². The molecule has 0 amide bonds. The van der Waals surface area contributed by atoms with Crippen molar-refractivity contribution in [1.29, 1.82) is 0 Å². The van der Waals surface area contributed by atoms with E-state index in [9.17, 15) is 0 Å². The van der Waals surface area contributed by atoms with Crippen molar-refractivity contribution in [2.75, 3.05) is 0 Å². The molecule has 0 fully saturated rings. The number of hydrazine groups is 1. The molecule has 0 saturated heterocycles. The van der Waals surface area contributed by atoms with Gasteiger partial charge in [0.2, 0.25) is 0 Å². The van der Waals surface area contributed by atoms with Crippen LogP contribution in [0.3, 0.4) is 0 Å². The fraction of sp³-hybridized carbons (Fsp3) is 0.333. The molecule has 0 radical (unpaired) electrons. The fourth-order valence-electron chi connectivity index (χ4n) is 0.956. The Labute approximate surface area is 71.9 Å².